The lowest BCUT2D eigenvalue weighted by atomic mass is 10.1. The van der Waals surface area contributed by atoms with Crippen LogP contribution in [-0.4, -0.2) is 9.38 Å². The lowest BCUT2D eigenvalue weighted by Gasteiger charge is -2.03. The average molecular weight is 202 g/mol. The van der Waals surface area contributed by atoms with Gasteiger partial charge >= 0.3 is 0 Å². The lowest BCUT2D eigenvalue weighted by molar-refractivity contribution is 0.703. The first-order chi connectivity index (χ1) is 7.34. The van der Waals surface area contributed by atoms with Crippen molar-refractivity contribution in [3.8, 4) is 0 Å². The summed E-state index contributed by atoms with van der Waals surface area (Å²) >= 11 is 0. The molecule has 15 heavy (non-hydrogen) atoms. The maximum atomic E-state index is 11.5. The number of fused-ring (bicyclic) bond motifs is 1. The summed E-state index contributed by atoms with van der Waals surface area (Å²) in [6.45, 7) is 0. The molecule has 0 radical (unpaired) electrons. The molecule has 1 aliphatic carbocycles. The number of imidazole rings is 1. The summed E-state index contributed by atoms with van der Waals surface area (Å²) in [5.41, 5.74) is 2.17. The van der Waals surface area contributed by atoms with Gasteiger partial charge in [0.2, 0.25) is 0 Å². The third-order valence-corrected chi connectivity index (χ3v) is 3.33. The van der Waals surface area contributed by atoms with Gasteiger partial charge in [0.05, 0.1) is 0 Å². The monoisotopic (exact) mass is 202 g/mol. The Bertz CT molecular complexity index is 532. The zero-order chi connectivity index (χ0) is 10.3. The Morgan fingerprint density at radius 1 is 1.27 bits per heavy atom. The van der Waals surface area contributed by atoms with Crippen LogP contribution in [-0.2, 0) is 0 Å². The van der Waals surface area contributed by atoms with Crippen molar-refractivity contribution in [2.45, 2.75) is 31.6 Å². The van der Waals surface area contributed by atoms with Crippen molar-refractivity contribution in [1.29, 1.82) is 0 Å². The van der Waals surface area contributed by atoms with Crippen molar-refractivity contribution < 1.29 is 0 Å². The van der Waals surface area contributed by atoms with Crippen LogP contribution in [0.4, 0.5) is 0 Å². The van der Waals surface area contributed by atoms with Gasteiger partial charge in [0, 0.05) is 23.9 Å². The molecule has 0 atom stereocenters. The van der Waals surface area contributed by atoms with Crippen molar-refractivity contribution in [3.05, 3.63) is 40.4 Å². The molecule has 3 nitrogen and oxygen atoms in total. The van der Waals surface area contributed by atoms with Gasteiger partial charge in [-0.3, -0.25) is 9.20 Å². The van der Waals surface area contributed by atoms with Gasteiger partial charge < -0.3 is 4.98 Å². The van der Waals surface area contributed by atoms with E-state index in [1.165, 1.54) is 31.4 Å². The smallest absolute Gasteiger partial charge is 0.256 e. The van der Waals surface area contributed by atoms with Crippen LogP contribution in [0.15, 0.2) is 29.2 Å². The molecule has 0 unspecified atom stereocenters. The number of pyridine rings is 1. The average Bonchev–Trinajstić information content (AvgIpc) is 2.86. The van der Waals surface area contributed by atoms with Gasteiger partial charge in [0.25, 0.3) is 5.56 Å². The number of aromatic nitrogens is 2. The second kappa shape index (κ2) is 3.26. The topological polar surface area (TPSA) is 37.3 Å². The third kappa shape index (κ3) is 1.39. The van der Waals surface area contributed by atoms with Gasteiger partial charge in [-0.15, -0.1) is 0 Å². The van der Waals surface area contributed by atoms with Crippen LogP contribution in [0.2, 0.25) is 0 Å². The Balaban J connectivity index is 2.13. The van der Waals surface area contributed by atoms with Gasteiger partial charge in [-0.2, -0.15) is 0 Å². The summed E-state index contributed by atoms with van der Waals surface area (Å²) in [5, 5.41) is 0. The molecule has 2 heterocycles. The normalized spacial score (nSPS) is 17.6. The van der Waals surface area contributed by atoms with E-state index in [2.05, 4.69) is 4.98 Å². The van der Waals surface area contributed by atoms with Crippen LogP contribution in [0.25, 0.3) is 5.65 Å². The third-order valence-electron chi connectivity index (χ3n) is 3.33. The van der Waals surface area contributed by atoms with Crippen molar-refractivity contribution in [2.24, 2.45) is 0 Å². The maximum Gasteiger partial charge on any atom is 0.256 e. The second-order valence-corrected chi connectivity index (χ2v) is 4.31. The van der Waals surface area contributed by atoms with Crippen LogP contribution >= 0.6 is 0 Å². The van der Waals surface area contributed by atoms with E-state index in [0.717, 1.165) is 5.65 Å². The number of H-pyrrole nitrogens is 1. The number of hydrogen-bond acceptors (Lipinski definition) is 1. The van der Waals surface area contributed by atoms with Gasteiger partial charge in [-0.05, 0) is 18.9 Å². The molecule has 2 aromatic heterocycles. The molecular weight excluding hydrogens is 188 g/mol. The highest BCUT2D eigenvalue weighted by Gasteiger charge is 2.18. The summed E-state index contributed by atoms with van der Waals surface area (Å²) < 4.78 is 1.70. The molecule has 0 aromatic carbocycles. The highest BCUT2D eigenvalue weighted by atomic mass is 16.1. The van der Waals surface area contributed by atoms with E-state index in [1.807, 2.05) is 12.3 Å². The molecule has 3 rings (SSSR count). The van der Waals surface area contributed by atoms with Gasteiger partial charge in [-0.25, -0.2) is 0 Å². The predicted molar refractivity (Wildman–Crippen MR) is 59.2 cm³/mol. The molecule has 0 bridgehead atoms. The zero-order valence-corrected chi connectivity index (χ0v) is 8.57. The van der Waals surface area contributed by atoms with E-state index in [0.29, 0.717) is 5.92 Å². The first kappa shape index (κ1) is 8.77. The number of nitrogens with zero attached hydrogens (tertiary/aromatic N) is 1. The number of aromatic amines is 1. The summed E-state index contributed by atoms with van der Waals surface area (Å²) in [7, 11) is 0. The first-order valence-electron chi connectivity index (χ1n) is 5.55. The quantitative estimate of drug-likeness (QED) is 0.756. The standard InChI is InChI=1S/C12H14N2O/c15-12-7-3-6-11-13-10(8-14(11)12)9-4-1-2-5-9/h3,6-9,13H,1-2,4-5H2. The molecule has 3 heteroatoms. The van der Waals surface area contributed by atoms with E-state index in [-0.39, 0.29) is 5.56 Å². The first-order valence-corrected chi connectivity index (χ1v) is 5.55. The molecule has 1 aliphatic rings. The van der Waals surface area contributed by atoms with E-state index in [9.17, 15) is 4.79 Å². The molecule has 1 fully saturated rings. The highest BCUT2D eigenvalue weighted by Crippen LogP contribution is 2.33. The fourth-order valence-corrected chi connectivity index (χ4v) is 2.50. The Morgan fingerprint density at radius 3 is 2.80 bits per heavy atom. The molecular formula is C12H14N2O. The van der Waals surface area contributed by atoms with Crippen LogP contribution in [0.1, 0.15) is 37.3 Å². The SMILES string of the molecule is O=c1cccc2[nH]c(C3CCCC3)cn12. The van der Waals surface area contributed by atoms with Crippen LogP contribution in [0.5, 0.6) is 0 Å². The van der Waals surface area contributed by atoms with Crippen LogP contribution in [0, 0.1) is 0 Å². The largest absolute Gasteiger partial charge is 0.343 e. The highest BCUT2D eigenvalue weighted by molar-refractivity contribution is 5.40. The summed E-state index contributed by atoms with van der Waals surface area (Å²) in [4.78, 5) is 14.9. The fourth-order valence-electron chi connectivity index (χ4n) is 2.50. The van der Waals surface area contributed by atoms with E-state index in [1.54, 1.807) is 16.5 Å². The molecule has 0 saturated heterocycles. The molecule has 2 aromatic rings. The Labute approximate surface area is 87.7 Å². The van der Waals surface area contributed by atoms with Crippen molar-refractivity contribution in [1.82, 2.24) is 9.38 Å². The molecule has 0 aliphatic heterocycles. The predicted octanol–water partition coefficient (Wildman–Crippen LogP) is 2.29. The number of hydrogen-bond donors (Lipinski definition) is 1. The van der Waals surface area contributed by atoms with Crippen LogP contribution < -0.4 is 5.56 Å². The van der Waals surface area contributed by atoms with Crippen molar-refractivity contribution in [3.63, 3.8) is 0 Å². The van der Waals surface area contributed by atoms with Crippen molar-refractivity contribution >= 4 is 5.65 Å². The molecule has 0 spiro atoms. The fraction of sp³-hybridized carbons (Fsp3) is 0.417. The maximum absolute atomic E-state index is 11.5. The molecule has 1 saturated carbocycles. The summed E-state index contributed by atoms with van der Waals surface area (Å²) in [6, 6.07) is 5.34. The van der Waals surface area contributed by atoms with E-state index < -0.39 is 0 Å². The van der Waals surface area contributed by atoms with Crippen molar-refractivity contribution in [2.75, 3.05) is 0 Å². The lowest BCUT2D eigenvalue weighted by Crippen LogP contribution is -2.08. The van der Waals surface area contributed by atoms with Gasteiger partial charge in [0.1, 0.15) is 5.65 Å². The second-order valence-electron chi connectivity index (χ2n) is 4.31. The Kier molecular flexibility index (Phi) is 1.91. The van der Waals surface area contributed by atoms with Gasteiger partial charge in [0.15, 0.2) is 0 Å². The minimum atomic E-state index is 0.0491. The van der Waals surface area contributed by atoms with Gasteiger partial charge in [-0.1, -0.05) is 18.9 Å². The molecule has 0 amide bonds. The summed E-state index contributed by atoms with van der Waals surface area (Å²) in [5.74, 6) is 0.629. The van der Waals surface area contributed by atoms with Crippen LogP contribution in [0.3, 0.4) is 0 Å². The number of rotatable bonds is 1. The minimum Gasteiger partial charge on any atom is -0.343 e. The minimum absolute atomic E-state index is 0.0491. The molecule has 1 N–H and O–H groups in total. The molecule has 78 valence electrons. The van der Waals surface area contributed by atoms with E-state index in [4.69, 9.17) is 0 Å². The Hall–Kier alpha value is -1.51. The Morgan fingerprint density at radius 2 is 2.07 bits per heavy atom. The summed E-state index contributed by atoms with van der Waals surface area (Å²) in [6.07, 6.45) is 7.10. The number of nitrogens with one attached hydrogen (secondary N) is 1. The van der Waals surface area contributed by atoms with E-state index >= 15 is 0 Å². The zero-order valence-electron chi connectivity index (χ0n) is 8.57.